The molecule has 1 atom stereocenters. The Morgan fingerprint density at radius 1 is 1.23 bits per heavy atom. The van der Waals surface area contributed by atoms with E-state index in [0.717, 1.165) is 24.6 Å². The van der Waals surface area contributed by atoms with E-state index in [2.05, 4.69) is 22.4 Å². The molecule has 1 fully saturated rings. The molecule has 1 aromatic heterocycles. The van der Waals surface area contributed by atoms with Crippen LogP contribution in [-0.2, 0) is 20.1 Å². The van der Waals surface area contributed by atoms with E-state index < -0.39 is 0 Å². The molecule has 1 aliphatic heterocycles. The maximum atomic E-state index is 12.4. The largest absolute Gasteiger partial charge is 0.486 e. The van der Waals surface area contributed by atoms with Gasteiger partial charge in [-0.05, 0) is 36.2 Å². The van der Waals surface area contributed by atoms with E-state index in [9.17, 15) is 4.79 Å². The van der Waals surface area contributed by atoms with Crippen LogP contribution in [0.4, 0.5) is 0 Å². The van der Waals surface area contributed by atoms with Crippen LogP contribution in [0, 0.1) is 0 Å². The third kappa shape index (κ3) is 3.61. The maximum absolute atomic E-state index is 12.4. The molecule has 0 bridgehead atoms. The third-order valence-electron chi connectivity index (χ3n) is 4.62. The molecule has 1 unspecified atom stereocenters. The number of thioether (sulfide) groups is 1. The lowest BCUT2D eigenvalue weighted by atomic mass is 10.1. The molecule has 2 heterocycles. The Hall–Kier alpha value is -2.31. The van der Waals surface area contributed by atoms with Crippen molar-refractivity contribution >= 4 is 22.7 Å². The molecular formula is C20H21N3O2S. The summed E-state index contributed by atoms with van der Waals surface area (Å²) in [7, 11) is 1.73. The Balaban J connectivity index is 1.46. The first-order chi connectivity index (χ1) is 12.7. The molecule has 0 amide bonds. The second kappa shape index (κ2) is 7.51. The maximum Gasteiger partial charge on any atom is 0.261 e. The van der Waals surface area contributed by atoms with Crippen molar-refractivity contribution in [1.82, 2.24) is 14.9 Å². The van der Waals surface area contributed by atoms with Gasteiger partial charge in [0.25, 0.3) is 5.56 Å². The minimum absolute atomic E-state index is 0.0489. The van der Waals surface area contributed by atoms with Gasteiger partial charge in [-0.1, -0.05) is 24.3 Å². The van der Waals surface area contributed by atoms with Crippen molar-refractivity contribution in [3.8, 4) is 5.75 Å². The van der Waals surface area contributed by atoms with Crippen LogP contribution < -0.4 is 15.6 Å². The highest BCUT2D eigenvalue weighted by atomic mass is 32.2. The van der Waals surface area contributed by atoms with Gasteiger partial charge in [-0.15, -0.1) is 11.8 Å². The lowest BCUT2D eigenvalue weighted by molar-refractivity contribution is 0.289. The summed E-state index contributed by atoms with van der Waals surface area (Å²) in [6.45, 7) is 1.34. The highest BCUT2D eigenvalue weighted by Crippen LogP contribution is 2.21. The van der Waals surface area contributed by atoms with E-state index >= 15 is 0 Å². The SMILES string of the molecule is Cn1c(COc2ccc(CC3CNCS3)cc2)nc2ccccc2c1=O. The first-order valence-corrected chi connectivity index (χ1v) is 9.74. The van der Waals surface area contributed by atoms with Crippen molar-refractivity contribution < 1.29 is 4.74 Å². The first-order valence-electron chi connectivity index (χ1n) is 8.69. The number of nitrogens with zero attached hydrogens (tertiary/aromatic N) is 2. The van der Waals surface area contributed by atoms with Crippen LogP contribution in [0.1, 0.15) is 11.4 Å². The zero-order valence-electron chi connectivity index (χ0n) is 14.6. The Bertz CT molecular complexity index is 963. The molecule has 134 valence electrons. The normalized spacial score (nSPS) is 16.9. The van der Waals surface area contributed by atoms with Crippen LogP contribution in [0.15, 0.2) is 53.3 Å². The van der Waals surface area contributed by atoms with Crippen LogP contribution in [0.25, 0.3) is 10.9 Å². The standard InChI is InChI=1S/C20H21N3O2S/c1-23-19(22-18-5-3-2-4-17(18)20(23)24)12-25-15-8-6-14(7-9-15)10-16-11-21-13-26-16/h2-9,16,21H,10-13H2,1H3. The minimum atomic E-state index is -0.0489. The summed E-state index contributed by atoms with van der Waals surface area (Å²) >= 11 is 1.97. The van der Waals surface area contributed by atoms with Gasteiger partial charge in [-0.2, -0.15) is 0 Å². The Morgan fingerprint density at radius 3 is 2.81 bits per heavy atom. The van der Waals surface area contributed by atoms with Crippen LogP contribution >= 0.6 is 11.8 Å². The van der Waals surface area contributed by atoms with Gasteiger partial charge in [0.2, 0.25) is 0 Å². The molecule has 0 saturated carbocycles. The molecule has 3 aromatic rings. The number of ether oxygens (including phenoxy) is 1. The third-order valence-corrected chi connectivity index (χ3v) is 5.80. The Kier molecular flexibility index (Phi) is 4.95. The number of hydrogen-bond donors (Lipinski definition) is 1. The molecule has 6 heteroatoms. The second-order valence-corrected chi connectivity index (χ2v) is 7.72. The van der Waals surface area contributed by atoms with Gasteiger partial charge in [0.05, 0.1) is 10.9 Å². The van der Waals surface area contributed by atoms with Gasteiger partial charge in [0, 0.05) is 24.7 Å². The molecule has 1 aliphatic rings. The number of benzene rings is 2. The first kappa shape index (κ1) is 17.1. The van der Waals surface area contributed by atoms with Crippen LogP contribution in [0.5, 0.6) is 5.75 Å². The summed E-state index contributed by atoms with van der Waals surface area (Å²) in [5, 5.41) is 4.65. The zero-order chi connectivity index (χ0) is 17.9. The number of fused-ring (bicyclic) bond motifs is 1. The lowest BCUT2D eigenvalue weighted by Crippen LogP contribution is -2.23. The summed E-state index contributed by atoms with van der Waals surface area (Å²) < 4.78 is 7.42. The van der Waals surface area contributed by atoms with Gasteiger partial charge < -0.3 is 10.1 Å². The van der Waals surface area contributed by atoms with Crippen LogP contribution in [0.3, 0.4) is 0 Å². The summed E-state index contributed by atoms with van der Waals surface area (Å²) in [5.74, 6) is 2.45. The molecule has 0 spiro atoms. The lowest BCUT2D eigenvalue weighted by Gasteiger charge is -2.12. The van der Waals surface area contributed by atoms with E-state index in [0.29, 0.717) is 22.0 Å². The van der Waals surface area contributed by atoms with Crippen molar-refractivity contribution in [3.05, 3.63) is 70.3 Å². The van der Waals surface area contributed by atoms with E-state index in [1.54, 1.807) is 17.7 Å². The number of nitrogens with one attached hydrogen (secondary N) is 1. The summed E-state index contributed by atoms with van der Waals surface area (Å²) in [5.41, 5.74) is 1.97. The molecule has 2 aromatic carbocycles. The van der Waals surface area contributed by atoms with E-state index in [4.69, 9.17) is 4.74 Å². The predicted molar refractivity (Wildman–Crippen MR) is 106 cm³/mol. The second-order valence-electron chi connectivity index (χ2n) is 6.43. The summed E-state index contributed by atoms with van der Waals surface area (Å²) in [6.07, 6.45) is 1.07. The minimum Gasteiger partial charge on any atom is -0.486 e. The topological polar surface area (TPSA) is 56.1 Å². The fourth-order valence-electron chi connectivity index (χ4n) is 3.11. The van der Waals surface area contributed by atoms with E-state index in [1.165, 1.54) is 5.56 Å². The van der Waals surface area contributed by atoms with Crippen molar-refractivity contribution in [2.45, 2.75) is 18.3 Å². The number of para-hydroxylation sites is 1. The van der Waals surface area contributed by atoms with Gasteiger partial charge in [-0.3, -0.25) is 9.36 Å². The molecule has 26 heavy (non-hydrogen) atoms. The van der Waals surface area contributed by atoms with Gasteiger partial charge in [0.1, 0.15) is 18.2 Å². The Morgan fingerprint density at radius 2 is 2.04 bits per heavy atom. The number of aromatic nitrogens is 2. The highest BCUT2D eigenvalue weighted by molar-refractivity contribution is 8.00. The number of rotatable bonds is 5. The smallest absolute Gasteiger partial charge is 0.261 e. The highest BCUT2D eigenvalue weighted by Gasteiger charge is 2.15. The molecular weight excluding hydrogens is 346 g/mol. The molecule has 5 nitrogen and oxygen atoms in total. The van der Waals surface area contributed by atoms with E-state index in [-0.39, 0.29) is 12.2 Å². The van der Waals surface area contributed by atoms with Crippen molar-refractivity contribution in [1.29, 1.82) is 0 Å². The molecule has 1 saturated heterocycles. The summed E-state index contributed by atoms with van der Waals surface area (Å²) in [6, 6.07) is 15.6. The molecule has 4 rings (SSSR count). The van der Waals surface area contributed by atoms with Gasteiger partial charge >= 0.3 is 0 Å². The predicted octanol–water partition coefficient (Wildman–Crippen LogP) is 2.72. The fourth-order valence-corrected chi connectivity index (χ4v) is 4.13. The average Bonchev–Trinajstić information content (AvgIpc) is 3.18. The molecule has 0 radical (unpaired) electrons. The Labute approximate surface area is 156 Å². The summed E-state index contributed by atoms with van der Waals surface area (Å²) in [4.78, 5) is 17.0. The monoisotopic (exact) mass is 367 g/mol. The zero-order valence-corrected chi connectivity index (χ0v) is 15.5. The van der Waals surface area contributed by atoms with Crippen LogP contribution in [-0.4, -0.2) is 27.2 Å². The van der Waals surface area contributed by atoms with Crippen molar-refractivity contribution in [2.75, 3.05) is 12.4 Å². The molecule has 0 aliphatic carbocycles. The number of hydrogen-bond acceptors (Lipinski definition) is 5. The average molecular weight is 367 g/mol. The van der Waals surface area contributed by atoms with E-state index in [1.807, 2.05) is 42.1 Å². The van der Waals surface area contributed by atoms with Gasteiger partial charge in [0.15, 0.2) is 0 Å². The van der Waals surface area contributed by atoms with Gasteiger partial charge in [-0.25, -0.2) is 4.98 Å². The molecule has 1 N–H and O–H groups in total. The van der Waals surface area contributed by atoms with Crippen molar-refractivity contribution in [3.63, 3.8) is 0 Å². The fraction of sp³-hybridized carbons (Fsp3) is 0.300. The van der Waals surface area contributed by atoms with Crippen molar-refractivity contribution in [2.24, 2.45) is 7.05 Å². The quantitative estimate of drug-likeness (QED) is 0.751. The van der Waals surface area contributed by atoms with Crippen LogP contribution in [0.2, 0.25) is 0 Å².